The van der Waals surface area contributed by atoms with Gasteiger partial charge < -0.3 is 19.5 Å². The Bertz CT molecular complexity index is 1430. The van der Waals surface area contributed by atoms with Gasteiger partial charge in [0.05, 0.1) is 35.6 Å². The maximum absolute atomic E-state index is 6.55. The Morgan fingerprint density at radius 2 is 1.72 bits per heavy atom. The molecule has 5 nitrogen and oxygen atoms in total. The van der Waals surface area contributed by atoms with Crippen molar-refractivity contribution in [3.8, 4) is 11.4 Å². The van der Waals surface area contributed by atoms with Crippen molar-refractivity contribution in [3.63, 3.8) is 0 Å². The number of aromatic nitrogens is 2. The third kappa shape index (κ3) is 4.04. The molecular weight excluding hydrogens is 488 g/mol. The van der Waals surface area contributed by atoms with Gasteiger partial charge in [0.25, 0.3) is 0 Å². The molecule has 0 bridgehead atoms. The Kier molecular flexibility index (Phi) is 6.49. The van der Waals surface area contributed by atoms with Crippen molar-refractivity contribution in [2.45, 2.75) is 39.8 Å². The van der Waals surface area contributed by atoms with E-state index in [-0.39, 0.29) is 12.1 Å². The quantitative estimate of drug-likeness (QED) is 0.291. The zero-order valence-electron chi connectivity index (χ0n) is 21.0. The lowest BCUT2D eigenvalue weighted by Gasteiger charge is -2.28. The largest absolute Gasteiger partial charge is 0.495 e. The van der Waals surface area contributed by atoms with Crippen molar-refractivity contribution in [1.82, 2.24) is 14.9 Å². The third-order valence-electron chi connectivity index (χ3n) is 6.96. The average molecular weight is 517 g/mol. The van der Waals surface area contributed by atoms with E-state index >= 15 is 0 Å². The molecule has 0 unspecified atom stereocenters. The van der Waals surface area contributed by atoms with Gasteiger partial charge in [-0.1, -0.05) is 35.9 Å². The molecule has 0 aliphatic carbocycles. The van der Waals surface area contributed by atoms with Crippen molar-refractivity contribution in [3.05, 3.63) is 106 Å². The fourth-order valence-corrected chi connectivity index (χ4v) is 5.94. The first-order valence-electron chi connectivity index (χ1n) is 11.9. The van der Waals surface area contributed by atoms with Crippen molar-refractivity contribution in [2.24, 2.45) is 0 Å². The van der Waals surface area contributed by atoms with Gasteiger partial charge in [0.1, 0.15) is 5.75 Å². The second kappa shape index (κ2) is 9.60. The van der Waals surface area contributed by atoms with Gasteiger partial charge in [-0.05, 0) is 93.0 Å². The molecule has 1 aliphatic heterocycles. The van der Waals surface area contributed by atoms with E-state index in [1.807, 2.05) is 42.6 Å². The Morgan fingerprint density at radius 3 is 2.36 bits per heavy atom. The zero-order valence-corrected chi connectivity index (χ0v) is 22.6. The first-order valence-corrected chi connectivity index (χ1v) is 12.7. The lowest BCUT2D eigenvalue weighted by molar-refractivity contribution is 0.415. The monoisotopic (exact) mass is 516 g/mol. The van der Waals surface area contributed by atoms with Gasteiger partial charge in [-0.25, -0.2) is 0 Å². The molecule has 7 heteroatoms. The number of ether oxygens (including phenoxy) is 1. The third-order valence-corrected chi connectivity index (χ3v) is 7.57. The molecular formula is C29H29ClN4OS. The van der Waals surface area contributed by atoms with Crippen LogP contribution in [-0.4, -0.2) is 21.8 Å². The van der Waals surface area contributed by atoms with E-state index in [9.17, 15) is 0 Å². The van der Waals surface area contributed by atoms with Crippen LogP contribution in [0.25, 0.3) is 5.69 Å². The molecule has 2 atom stereocenters. The van der Waals surface area contributed by atoms with Crippen molar-refractivity contribution in [1.29, 1.82) is 0 Å². The molecule has 1 saturated heterocycles. The highest BCUT2D eigenvalue weighted by molar-refractivity contribution is 7.80. The van der Waals surface area contributed by atoms with Crippen LogP contribution in [0.1, 0.15) is 45.9 Å². The highest BCUT2D eigenvalue weighted by atomic mass is 35.5. The average Bonchev–Trinajstić information content (AvgIpc) is 3.35. The Hall–Kier alpha value is -3.35. The van der Waals surface area contributed by atoms with Crippen LogP contribution in [0.5, 0.6) is 5.75 Å². The van der Waals surface area contributed by atoms with Crippen molar-refractivity contribution < 1.29 is 4.74 Å². The van der Waals surface area contributed by atoms with Crippen molar-refractivity contribution >= 4 is 34.6 Å². The zero-order chi connectivity index (χ0) is 25.6. The number of para-hydroxylation sites is 1. The Labute approximate surface area is 222 Å². The lowest BCUT2D eigenvalue weighted by atomic mass is 9.96. The summed E-state index contributed by atoms with van der Waals surface area (Å²) in [5.41, 5.74) is 9.07. The minimum atomic E-state index is -0.133. The van der Waals surface area contributed by atoms with Gasteiger partial charge >= 0.3 is 0 Å². The van der Waals surface area contributed by atoms with Gasteiger partial charge in [0, 0.05) is 23.3 Å². The summed E-state index contributed by atoms with van der Waals surface area (Å²) in [5, 5.41) is 4.72. The van der Waals surface area contributed by atoms with E-state index < -0.39 is 0 Å². The second-order valence-corrected chi connectivity index (χ2v) is 10.0. The molecule has 1 aliphatic rings. The number of hydrogen-bond acceptors (Lipinski definition) is 3. The summed E-state index contributed by atoms with van der Waals surface area (Å²) < 4.78 is 7.75. The lowest BCUT2D eigenvalue weighted by Crippen LogP contribution is -2.29. The highest BCUT2D eigenvalue weighted by Gasteiger charge is 2.42. The molecule has 0 amide bonds. The summed E-state index contributed by atoms with van der Waals surface area (Å²) in [6.45, 7) is 8.67. The summed E-state index contributed by atoms with van der Waals surface area (Å²) in [6.07, 6.45) is 1.82. The number of methoxy groups -OCH3 is 1. The number of pyridine rings is 1. The minimum absolute atomic E-state index is 0.124. The van der Waals surface area contributed by atoms with Crippen LogP contribution >= 0.6 is 23.8 Å². The predicted octanol–water partition coefficient (Wildman–Crippen LogP) is 6.95. The summed E-state index contributed by atoms with van der Waals surface area (Å²) in [6, 6.07) is 20.2. The fourth-order valence-electron chi connectivity index (χ4n) is 5.34. The summed E-state index contributed by atoms with van der Waals surface area (Å²) in [7, 11) is 1.62. The summed E-state index contributed by atoms with van der Waals surface area (Å²) in [5.74, 6) is 0.629. The number of nitrogens with zero attached hydrogens (tertiary/aromatic N) is 3. The first-order chi connectivity index (χ1) is 17.3. The van der Waals surface area contributed by atoms with E-state index in [4.69, 9.17) is 28.6 Å². The molecule has 3 heterocycles. The number of thiocarbonyl (C=S) groups is 1. The number of halogens is 1. The smallest absolute Gasteiger partial charge is 0.174 e. The van der Waals surface area contributed by atoms with Crippen LogP contribution in [0.15, 0.2) is 66.9 Å². The molecule has 0 radical (unpaired) electrons. The molecule has 1 N–H and O–H groups in total. The fraction of sp³-hybridized carbons (Fsp3) is 0.241. The minimum Gasteiger partial charge on any atom is -0.495 e. The van der Waals surface area contributed by atoms with E-state index in [2.05, 4.69) is 71.7 Å². The van der Waals surface area contributed by atoms with Gasteiger partial charge in [-0.3, -0.25) is 4.98 Å². The number of hydrogen-bond donors (Lipinski definition) is 1. The van der Waals surface area contributed by atoms with Crippen LogP contribution in [0, 0.1) is 27.7 Å². The topological polar surface area (TPSA) is 42.3 Å². The van der Waals surface area contributed by atoms with Crippen molar-refractivity contribution in [2.75, 3.05) is 12.0 Å². The standard InChI is InChI=1S/C29H29ClN4OS/c1-17-9-8-10-18(2)27(17)33-19(3)15-22(20(33)4)28-26(24-11-6-7-14-31-24)32-29(36)34(28)21-12-13-25(35-5)23(30)16-21/h6-16,26,28H,1-5H3,(H,32,36)/t26-,28-/m1/s1. The van der Waals surface area contributed by atoms with Gasteiger partial charge in [-0.15, -0.1) is 0 Å². The van der Waals surface area contributed by atoms with E-state index in [1.165, 1.54) is 33.8 Å². The molecule has 2 aromatic carbocycles. The highest BCUT2D eigenvalue weighted by Crippen LogP contribution is 2.45. The summed E-state index contributed by atoms with van der Waals surface area (Å²) >= 11 is 12.5. The normalized spacial score (nSPS) is 17.4. The van der Waals surface area contributed by atoms with Crippen LogP contribution in [0.2, 0.25) is 5.02 Å². The van der Waals surface area contributed by atoms with Gasteiger partial charge in [0.15, 0.2) is 5.11 Å². The molecule has 2 aromatic heterocycles. The Balaban J connectivity index is 1.71. The van der Waals surface area contributed by atoms with Crippen LogP contribution in [0.3, 0.4) is 0 Å². The van der Waals surface area contributed by atoms with Crippen LogP contribution in [-0.2, 0) is 0 Å². The first kappa shape index (κ1) is 24.3. The van der Waals surface area contributed by atoms with E-state index in [0.717, 1.165) is 11.4 Å². The van der Waals surface area contributed by atoms with E-state index in [0.29, 0.717) is 15.9 Å². The number of anilines is 1. The van der Waals surface area contributed by atoms with Crippen LogP contribution < -0.4 is 15.0 Å². The van der Waals surface area contributed by atoms with Crippen LogP contribution in [0.4, 0.5) is 5.69 Å². The predicted molar refractivity (Wildman–Crippen MR) is 151 cm³/mol. The SMILES string of the molecule is COc1ccc(N2C(=S)N[C@H](c3ccccn3)[C@H]2c2cc(C)n(-c3c(C)cccc3C)c2C)cc1Cl. The summed E-state index contributed by atoms with van der Waals surface area (Å²) in [4.78, 5) is 6.84. The van der Waals surface area contributed by atoms with Gasteiger partial charge in [-0.2, -0.15) is 0 Å². The van der Waals surface area contributed by atoms with E-state index in [1.54, 1.807) is 7.11 Å². The molecule has 0 saturated carbocycles. The molecule has 0 spiro atoms. The number of nitrogens with one attached hydrogen (secondary N) is 1. The molecule has 184 valence electrons. The maximum atomic E-state index is 6.55. The maximum Gasteiger partial charge on any atom is 0.174 e. The molecule has 5 rings (SSSR count). The number of aryl methyl sites for hydroxylation is 3. The number of benzene rings is 2. The second-order valence-electron chi connectivity index (χ2n) is 9.22. The van der Waals surface area contributed by atoms with Gasteiger partial charge in [0.2, 0.25) is 0 Å². The number of rotatable bonds is 5. The molecule has 36 heavy (non-hydrogen) atoms. The molecule has 1 fully saturated rings. The Morgan fingerprint density at radius 1 is 0.972 bits per heavy atom. The molecule has 4 aromatic rings.